The molecule has 0 aliphatic carbocycles. The molecular formula is C6H10B2. The van der Waals surface area contributed by atoms with E-state index in [1.807, 2.05) is 0 Å². The van der Waals surface area contributed by atoms with Crippen molar-refractivity contribution >= 4 is 13.2 Å². The number of hydrogen-bond acceptors (Lipinski definition) is 0. The summed E-state index contributed by atoms with van der Waals surface area (Å²) in [5, 5.41) is 0. The molecular weight excluding hydrogens is 93.7 g/mol. The average molecular weight is 104 g/mol. The van der Waals surface area contributed by atoms with Crippen molar-refractivity contribution in [3.8, 4) is 0 Å². The van der Waals surface area contributed by atoms with E-state index in [4.69, 9.17) is 0 Å². The highest BCUT2D eigenvalue weighted by molar-refractivity contribution is 7.26. The van der Waals surface area contributed by atoms with Crippen LogP contribution >= 0.6 is 0 Å². The highest BCUT2D eigenvalue weighted by Crippen LogP contribution is 2.00. The molecule has 0 atom stereocenters. The summed E-state index contributed by atoms with van der Waals surface area (Å²) >= 11 is 0. The summed E-state index contributed by atoms with van der Waals surface area (Å²) < 4.78 is 0. The minimum absolute atomic E-state index is 0.736. The Balaban J connectivity index is 2.59. The van der Waals surface area contributed by atoms with Gasteiger partial charge in [-0.3, -0.25) is 0 Å². The molecule has 0 aromatic carbocycles. The van der Waals surface area contributed by atoms with Gasteiger partial charge in [-0.15, -0.1) is 12.0 Å². The molecule has 0 fully saturated rings. The average Bonchev–Trinajstić information content (AvgIpc) is 1.77. The Labute approximate surface area is 51.8 Å². The Kier molecular flexibility index (Phi) is 1.62. The zero-order chi connectivity index (χ0) is 5.98. The van der Waals surface area contributed by atoms with Gasteiger partial charge in [0.2, 0.25) is 0 Å². The second kappa shape index (κ2) is 2.25. The van der Waals surface area contributed by atoms with Crippen molar-refractivity contribution in [2.24, 2.45) is 0 Å². The van der Waals surface area contributed by atoms with E-state index in [0.717, 1.165) is 13.2 Å². The second-order valence-electron chi connectivity index (χ2n) is 2.49. The highest BCUT2D eigenvalue weighted by atomic mass is 13.6. The zero-order valence-corrected chi connectivity index (χ0v) is 5.46. The van der Waals surface area contributed by atoms with Gasteiger partial charge in [0.05, 0.1) is 0 Å². The summed E-state index contributed by atoms with van der Waals surface area (Å²) in [6.45, 7) is 5.95. The van der Waals surface area contributed by atoms with Crippen molar-refractivity contribution in [1.29, 1.82) is 0 Å². The zero-order valence-electron chi connectivity index (χ0n) is 5.46. The molecule has 0 radical (unpaired) electrons. The normalized spacial score (nSPS) is 17.8. The minimum Gasteiger partial charge on any atom is -0.123 e. The summed E-state index contributed by atoms with van der Waals surface area (Å²) in [6, 6.07) is 0. The first kappa shape index (κ1) is 5.74. The molecule has 1 rings (SSSR count). The molecule has 1 heterocycles. The molecule has 0 unspecified atom stereocenters. The largest absolute Gasteiger partial charge is 0.137 e. The lowest BCUT2D eigenvalue weighted by atomic mass is 9.09. The molecule has 0 nitrogen and oxygen atoms in total. The van der Waals surface area contributed by atoms with Crippen LogP contribution in [-0.4, -0.2) is 13.2 Å². The second-order valence-corrected chi connectivity index (χ2v) is 2.49. The van der Waals surface area contributed by atoms with Crippen molar-refractivity contribution in [3.63, 3.8) is 0 Å². The van der Waals surface area contributed by atoms with Gasteiger partial charge in [0.15, 0.2) is 0 Å². The third-order valence-electron chi connectivity index (χ3n) is 1.77. The monoisotopic (exact) mass is 104 g/mol. The summed E-state index contributed by atoms with van der Waals surface area (Å²) in [4.78, 5) is 0. The fraction of sp³-hybridized carbons (Fsp3) is 0.333. The maximum atomic E-state index is 2.24. The smallest absolute Gasteiger partial charge is 0.123 e. The van der Waals surface area contributed by atoms with Crippen molar-refractivity contribution in [2.75, 3.05) is 0 Å². The molecule has 8 heavy (non-hydrogen) atoms. The molecule has 1 aliphatic heterocycles. The molecule has 0 saturated carbocycles. The van der Waals surface area contributed by atoms with Gasteiger partial charge in [0.1, 0.15) is 13.2 Å². The van der Waals surface area contributed by atoms with Gasteiger partial charge in [0, 0.05) is 0 Å². The SMILES string of the molecule is CB1C=CC=CB1C. The first-order chi connectivity index (χ1) is 3.80. The molecule has 0 saturated heterocycles. The van der Waals surface area contributed by atoms with E-state index in [1.165, 1.54) is 0 Å². The van der Waals surface area contributed by atoms with Crippen molar-refractivity contribution in [2.45, 2.75) is 13.6 Å². The van der Waals surface area contributed by atoms with Crippen LogP contribution in [0.25, 0.3) is 0 Å². The van der Waals surface area contributed by atoms with Crippen molar-refractivity contribution in [1.82, 2.24) is 0 Å². The van der Waals surface area contributed by atoms with Gasteiger partial charge in [-0.25, -0.2) is 0 Å². The van der Waals surface area contributed by atoms with E-state index < -0.39 is 0 Å². The summed E-state index contributed by atoms with van der Waals surface area (Å²) in [6.07, 6.45) is 4.23. The fourth-order valence-electron chi connectivity index (χ4n) is 0.829. The molecule has 0 spiro atoms. The van der Waals surface area contributed by atoms with E-state index in [-0.39, 0.29) is 0 Å². The maximum absolute atomic E-state index is 2.24. The predicted octanol–water partition coefficient (Wildman–Crippen LogP) is 1.52. The van der Waals surface area contributed by atoms with Gasteiger partial charge in [0.25, 0.3) is 0 Å². The Hall–Kier alpha value is -0.390. The first-order valence-corrected chi connectivity index (χ1v) is 3.15. The quantitative estimate of drug-likeness (QED) is 0.408. The van der Waals surface area contributed by atoms with Gasteiger partial charge in [-0.1, -0.05) is 25.8 Å². The van der Waals surface area contributed by atoms with Gasteiger partial charge in [-0.2, -0.15) is 0 Å². The minimum atomic E-state index is 0.736. The number of allylic oxidation sites excluding steroid dienone is 2. The summed E-state index contributed by atoms with van der Waals surface area (Å²) in [7, 11) is 0. The van der Waals surface area contributed by atoms with Gasteiger partial charge >= 0.3 is 0 Å². The molecule has 0 aromatic rings. The lowest BCUT2D eigenvalue weighted by Gasteiger charge is -2.06. The lowest BCUT2D eigenvalue weighted by molar-refractivity contribution is 1.95. The predicted molar refractivity (Wildman–Crippen MR) is 41.5 cm³/mol. The molecule has 0 N–H and O–H groups in total. The van der Waals surface area contributed by atoms with Crippen LogP contribution in [-0.2, 0) is 0 Å². The van der Waals surface area contributed by atoms with Crippen LogP contribution in [0.5, 0.6) is 0 Å². The fourth-order valence-corrected chi connectivity index (χ4v) is 0.829. The van der Waals surface area contributed by atoms with Crippen LogP contribution in [0.15, 0.2) is 24.1 Å². The standard InChI is InChI=1S/C6H10B2/c1-7-5-3-4-6-8(7)2/h3-6H,1-2H3. The topological polar surface area (TPSA) is 0 Å². The van der Waals surface area contributed by atoms with Gasteiger partial charge < -0.3 is 0 Å². The van der Waals surface area contributed by atoms with Crippen molar-refractivity contribution in [3.05, 3.63) is 24.1 Å². The van der Waals surface area contributed by atoms with E-state index in [9.17, 15) is 0 Å². The summed E-state index contributed by atoms with van der Waals surface area (Å²) in [5.74, 6) is 4.48. The van der Waals surface area contributed by atoms with Crippen LogP contribution in [0.2, 0.25) is 13.6 Å². The van der Waals surface area contributed by atoms with E-state index >= 15 is 0 Å². The highest BCUT2D eigenvalue weighted by Gasteiger charge is 2.13. The molecule has 0 amide bonds. The van der Waals surface area contributed by atoms with Crippen LogP contribution in [0.3, 0.4) is 0 Å². The number of rotatable bonds is 0. The van der Waals surface area contributed by atoms with E-state index in [1.54, 1.807) is 0 Å². The Morgan fingerprint density at radius 3 is 1.50 bits per heavy atom. The van der Waals surface area contributed by atoms with E-state index in [2.05, 4.69) is 37.7 Å². The van der Waals surface area contributed by atoms with Crippen molar-refractivity contribution < 1.29 is 0 Å². The maximum Gasteiger partial charge on any atom is 0.137 e. The third-order valence-corrected chi connectivity index (χ3v) is 1.77. The summed E-state index contributed by atoms with van der Waals surface area (Å²) in [5.41, 5.74) is 0. The molecule has 0 bridgehead atoms. The Morgan fingerprint density at radius 2 is 1.25 bits per heavy atom. The Morgan fingerprint density at radius 1 is 0.875 bits per heavy atom. The van der Waals surface area contributed by atoms with Gasteiger partial charge in [-0.05, 0) is 0 Å². The lowest BCUT2D eigenvalue weighted by Crippen LogP contribution is -2.27. The molecule has 40 valence electrons. The van der Waals surface area contributed by atoms with Crippen LogP contribution in [0, 0.1) is 0 Å². The first-order valence-electron chi connectivity index (χ1n) is 3.15. The molecule has 1 aliphatic rings. The van der Waals surface area contributed by atoms with Crippen LogP contribution in [0.4, 0.5) is 0 Å². The van der Waals surface area contributed by atoms with Crippen LogP contribution in [0.1, 0.15) is 0 Å². The number of hydrogen-bond donors (Lipinski definition) is 0. The molecule has 2 heteroatoms. The van der Waals surface area contributed by atoms with E-state index in [0.29, 0.717) is 0 Å². The Bertz CT molecular complexity index is 110. The van der Waals surface area contributed by atoms with Crippen LogP contribution < -0.4 is 0 Å². The molecule has 0 aromatic heterocycles. The third kappa shape index (κ3) is 1.06.